The van der Waals surface area contributed by atoms with Gasteiger partial charge in [0.25, 0.3) is 0 Å². The Kier molecular flexibility index (Phi) is 5.20. The lowest BCUT2D eigenvalue weighted by Gasteiger charge is -2.18. The van der Waals surface area contributed by atoms with Gasteiger partial charge in [-0.1, -0.05) is 33.1 Å². The Hall–Kier alpha value is -1.57. The highest BCUT2D eigenvalue weighted by Gasteiger charge is 2.09. The van der Waals surface area contributed by atoms with Crippen molar-refractivity contribution in [1.82, 2.24) is 4.98 Å². The van der Waals surface area contributed by atoms with E-state index < -0.39 is 0 Å². The summed E-state index contributed by atoms with van der Waals surface area (Å²) in [6, 6.07) is 8.29. The molecule has 0 aliphatic heterocycles. The van der Waals surface area contributed by atoms with Crippen LogP contribution in [0.1, 0.15) is 46.0 Å². The summed E-state index contributed by atoms with van der Waals surface area (Å²) in [5.74, 6) is 0.980. The average Bonchev–Trinajstić information content (AvgIpc) is 2.45. The zero-order valence-electron chi connectivity index (χ0n) is 11.9. The standard InChI is InChI=1S/C17H23NO/c1-3-5-7-16(6-4-2)19-17-9-8-15-13-18-11-10-14(15)12-17/h8-13,16H,3-7H2,1-2H3. The fourth-order valence-electron chi connectivity index (χ4n) is 2.34. The highest BCUT2D eigenvalue weighted by atomic mass is 16.5. The molecule has 0 fully saturated rings. The smallest absolute Gasteiger partial charge is 0.120 e. The molecule has 2 nitrogen and oxygen atoms in total. The van der Waals surface area contributed by atoms with E-state index in [4.69, 9.17) is 4.74 Å². The van der Waals surface area contributed by atoms with Crippen LogP contribution in [0.15, 0.2) is 36.7 Å². The molecule has 0 aliphatic rings. The van der Waals surface area contributed by atoms with Crippen molar-refractivity contribution in [2.24, 2.45) is 0 Å². The second kappa shape index (κ2) is 7.13. The van der Waals surface area contributed by atoms with Crippen molar-refractivity contribution >= 4 is 10.8 Å². The van der Waals surface area contributed by atoms with E-state index in [1.54, 1.807) is 0 Å². The van der Waals surface area contributed by atoms with Gasteiger partial charge in [-0.05, 0) is 42.5 Å². The van der Waals surface area contributed by atoms with Crippen LogP contribution in [0.4, 0.5) is 0 Å². The normalized spacial score (nSPS) is 12.5. The summed E-state index contributed by atoms with van der Waals surface area (Å²) in [5, 5.41) is 2.36. The molecule has 0 saturated carbocycles. The first-order valence-electron chi connectivity index (χ1n) is 7.34. The van der Waals surface area contributed by atoms with E-state index in [0.29, 0.717) is 6.10 Å². The minimum Gasteiger partial charge on any atom is -0.490 e. The van der Waals surface area contributed by atoms with Gasteiger partial charge < -0.3 is 4.74 Å². The number of rotatable bonds is 7. The zero-order valence-corrected chi connectivity index (χ0v) is 11.9. The molecule has 0 aliphatic carbocycles. The Morgan fingerprint density at radius 3 is 2.74 bits per heavy atom. The predicted octanol–water partition coefficient (Wildman–Crippen LogP) is 4.97. The maximum Gasteiger partial charge on any atom is 0.120 e. The van der Waals surface area contributed by atoms with Crippen LogP contribution in [-0.2, 0) is 0 Å². The number of fused-ring (bicyclic) bond motifs is 1. The van der Waals surface area contributed by atoms with Crippen molar-refractivity contribution in [3.05, 3.63) is 36.7 Å². The summed E-state index contributed by atoms with van der Waals surface area (Å²) in [7, 11) is 0. The Morgan fingerprint density at radius 2 is 1.95 bits per heavy atom. The van der Waals surface area contributed by atoms with Crippen molar-refractivity contribution in [1.29, 1.82) is 0 Å². The second-order valence-electron chi connectivity index (χ2n) is 5.06. The first-order chi connectivity index (χ1) is 9.33. The SMILES string of the molecule is CCCCC(CCC)Oc1ccc2cnccc2c1. The molecule has 102 valence electrons. The second-order valence-corrected chi connectivity index (χ2v) is 5.06. The molecule has 2 aromatic rings. The van der Waals surface area contributed by atoms with Crippen LogP contribution in [-0.4, -0.2) is 11.1 Å². The fourth-order valence-corrected chi connectivity index (χ4v) is 2.34. The van der Waals surface area contributed by atoms with Crippen molar-refractivity contribution < 1.29 is 4.74 Å². The quantitative estimate of drug-likeness (QED) is 0.698. The summed E-state index contributed by atoms with van der Waals surface area (Å²) in [6.07, 6.45) is 9.99. The first-order valence-corrected chi connectivity index (χ1v) is 7.34. The van der Waals surface area contributed by atoms with Crippen LogP contribution in [0.5, 0.6) is 5.75 Å². The Morgan fingerprint density at radius 1 is 1.05 bits per heavy atom. The minimum atomic E-state index is 0.351. The molecule has 0 radical (unpaired) electrons. The Balaban J connectivity index is 2.09. The van der Waals surface area contributed by atoms with Gasteiger partial charge in [0.15, 0.2) is 0 Å². The van der Waals surface area contributed by atoms with E-state index in [-0.39, 0.29) is 0 Å². The van der Waals surface area contributed by atoms with Gasteiger partial charge in [-0.2, -0.15) is 0 Å². The fraction of sp³-hybridized carbons (Fsp3) is 0.471. The number of aromatic nitrogens is 1. The van der Waals surface area contributed by atoms with E-state index in [1.165, 1.54) is 24.6 Å². The van der Waals surface area contributed by atoms with Crippen LogP contribution in [0, 0.1) is 0 Å². The van der Waals surface area contributed by atoms with E-state index in [9.17, 15) is 0 Å². The molecule has 1 unspecified atom stereocenters. The van der Waals surface area contributed by atoms with E-state index >= 15 is 0 Å². The highest BCUT2D eigenvalue weighted by molar-refractivity contribution is 5.82. The number of hydrogen-bond donors (Lipinski definition) is 0. The largest absolute Gasteiger partial charge is 0.490 e. The molecule has 0 saturated heterocycles. The van der Waals surface area contributed by atoms with E-state index in [0.717, 1.165) is 24.0 Å². The average molecular weight is 257 g/mol. The van der Waals surface area contributed by atoms with Gasteiger partial charge in [-0.3, -0.25) is 4.98 Å². The number of unbranched alkanes of at least 4 members (excludes halogenated alkanes) is 1. The molecular formula is C17H23NO. The molecule has 2 rings (SSSR count). The van der Waals surface area contributed by atoms with Crippen LogP contribution in [0.2, 0.25) is 0 Å². The molecule has 0 bridgehead atoms. The summed E-state index contributed by atoms with van der Waals surface area (Å²) in [4.78, 5) is 4.13. The molecule has 0 N–H and O–H groups in total. The summed E-state index contributed by atoms with van der Waals surface area (Å²) < 4.78 is 6.14. The minimum absolute atomic E-state index is 0.351. The van der Waals surface area contributed by atoms with Crippen LogP contribution in [0.3, 0.4) is 0 Å². The van der Waals surface area contributed by atoms with E-state index in [1.807, 2.05) is 18.5 Å². The lowest BCUT2D eigenvalue weighted by atomic mass is 10.1. The first kappa shape index (κ1) is 13.9. The van der Waals surface area contributed by atoms with Crippen molar-refractivity contribution in [2.75, 3.05) is 0 Å². The maximum absolute atomic E-state index is 6.14. The number of hydrogen-bond acceptors (Lipinski definition) is 2. The summed E-state index contributed by atoms with van der Waals surface area (Å²) in [6.45, 7) is 4.44. The summed E-state index contributed by atoms with van der Waals surface area (Å²) >= 11 is 0. The Labute approximate surface area is 115 Å². The molecule has 1 heterocycles. The van der Waals surface area contributed by atoms with Crippen LogP contribution >= 0.6 is 0 Å². The maximum atomic E-state index is 6.14. The number of ether oxygens (including phenoxy) is 1. The van der Waals surface area contributed by atoms with Gasteiger partial charge in [-0.15, -0.1) is 0 Å². The lowest BCUT2D eigenvalue weighted by Crippen LogP contribution is -2.16. The monoisotopic (exact) mass is 257 g/mol. The van der Waals surface area contributed by atoms with Gasteiger partial charge in [0.2, 0.25) is 0 Å². The molecule has 1 aromatic heterocycles. The topological polar surface area (TPSA) is 22.1 Å². The molecule has 2 heteroatoms. The van der Waals surface area contributed by atoms with Gasteiger partial charge >= 0.3 is 0 Å². The Bertz CT molecular complexity index is 509. The van der Waals surface area contributed by atoms with Gasteiger partial charge in [-0.25, -0.2) is 0 Å². The third-order valence-electron chi connectivity index (χ3n) is 3.41. The predicted molar refractivity (Wildman–Crippen MR) is 80.6 cm³/mol. The number of benzene rings is 1. The molecular weight excluding hydrogens is 234 g/mol. The third-order valence-corrected chi connectivity index (χ3v) is 3.41. The number of pyridine rings is 1. The van der Waals surface area contributed by atoms with Crippen LogP contribution in [0.25, 0.3) is 10.8 Å². The number of nitrogens with zero attached hydrogens (tertiary/aromatic N) is 1. The molecule has 0 amide bonds. The molecule has 19 heavy (non-hydrogen) atoms. The molecule has 1 atom stereocenters. The van der Waals surface area contributed by atoms with Gasteiger partial charge in [0, 0.05) is 17.8 Å². The van der Waals surface area contributed by atoms with Gasteiger partial charge in [0.1, 0.15) is 5.75 Å². The lowest BCUT2D eigenvalue weighted by molar-refractivity contribution is 0.177. The molecule has 1 aromatic carbocycles. The van der Waals surface area contributed by atoms with Crippen molar-refractivity contribution in [2.45, 2.75) is 52.1 Å². The zero-order chi connectivity index (χ0) is 13.5. The molecule has 0 spiro atoms. The van der Waals surface area contributed by atoms with Crippen LogP contribution < -0.4 is 4.74 Å². The van der Waals surface area contributed by atoms with E-state index in [2.05, 4.69) is 37.0 Å². The third kappa shape index (κ3) is 3.95. The van der Waals surface area contributed by atoms with Crippen molar-refractivity contribution in [3.8, 4) is 5.75 Å². The highest BCUT2D eigenvalue weighted by Crippen LogP contribution is 2.23. The summed E-state index contributed by atoms with van der Waals surface area (Å²) in [5.41, 5.74) is 0. The van der Waals surface area contributed by atoms with Crippen molar-refractivity contribution in [3.63, 3.8) is 0 Å². The van der Waals surface area contributed by atoms with Gasteiger partial charge in [0.05, 0.1) is 6.10 Å².